The van der Waals surface area contributed by atoms with Gasteiger partial charge >= 0.3 is 0 Å². The molecule has 2 unspecified atom stereocenters. The Morgan fingerprint density at radius 3 is 3.12 bits per heavy atom. The van der Waals surface area contributed by atoms with Crippen molar-refractivity contribution in [1.29, 1.82) is 0 Å². The molecule has 2 rings (SSSR count). The zero-order valence-corrected chi connectivity index (χ0v) is 9.94. The summed E-state index contributed by atoms with van der Waals surface area (Å²) in [7, 11) is 0. The first-order chi connectivity index (χ1) is 7.74. The number of hydrogen-bond acceptors (Lipinski definition) is 5. The van der Waals surface area contributed by atoms with Crippen LogP contribution in [-0.2, 0) is 4.74 Å². The molecule has 0 spiro atoms. The first kappa shape index (κ1) is 11.6. The average molecular weight is 241 g/mol. The largest absolute Gasteiger partial charge is 0.394 e. The zero-order chi connectivity index (χ0) is 11.5. The second-order valence-electron chi connectivity index (χ2n) is 3.93. The summed E-state index contributed by atoms with van der Waals surface area (Å²) < 4.78 is 5.47. The molecule has 1 fully saturated rings. The summed E-state index contributed by atoms with van der Waals surface area (Å²) in [6, 6.07) is 4.05. The molecule has 1 aromatic heterocycles. The number of morpholine rings is 1. The number of rotatable bonds is 3. The third kappa shape index (κ3) is 2.26. The van der Waals surface area contributed by atoms with Crippen molar-refractivity contribution in [2.75, 3.05) is 24.7 Å². The Morgan fingerprint density at radius 1 is 1.69 bits per heavy atom. The van der Waals surface area contributed by atoms with E-state index in [2.05, 4.69) is 11.8 Å². The predicted molar refractivity (Wildman–Crippen MR) is 63.3 cm³/mol. The number of aliphatic hydroxyl groups is 1. The van der Waals surface area contributed by atoms with Gasteiger partial charge in [0.05, 0.1) is 35.2 Å². The predicted octanol–water partition coefficient (Wildman–Crippen LogP) is 1.15. The molecule has 0 amide bonds. The van der Waals surface area contributed by atoms with E-state index >= 15 is 0 Å². The minimum atomic E-state index is -0.127. The van der Waals surface area contributed by atoms with Crippen molar-refractivity contribution in [2.24, 2.45) is 0 Å². The van der Waals surface area contributed by atoms with Crippen molar-refractivity contribution in [3.05, 3.63) is 17.0 Å². The Hall–Kier alpha value is -0.910. The lowest BCUT2D eigenvalue weighted by Gasteiger charge is -2.38. The molecular weight excluding hydrogens is 226 g/mol. The normalized spacial score (nSPS) is 25.8. The summed E-state index contributed by atoms with van der Waals surface area (Å²) in [4.78, 5) is 13.5. The molecule has 1 aliphatic rings. The highest BCUT2D eigenvalue weighted by Crippen LogP contribution is 2.28. The monoisotopic (exact) mass is 241 g/mol. The van der Waals surface area contributed by atoms with Crippen molar-refractivity contribution in [2.45, 2.75) is 19.1 Å². The molecule has 2 atom stereocenters. The molecule has 0 saturated carbocycles. The Bertz CT molecular complexity index is 366. The fraction of sp³-hybridized carbons (Fsp3) is 0.545. The first-order valence-electron chi connectivity index (χ1n) is 5.28. The molecule has 0 radical (unpaired) electrons. The molecule has 4 nitrogen and oxygen atoms in total. The van der Waals surface area contributed by atoms with Crippen LogP contribution < -0.4 is 4.90 Å². The second kappa shape index (κ2) is 4.95. The third-order valence-electron chi connectivity index (χ3n) is 2.72. The quantitative estimate of drug-likeness (QED) is 0.806. The van der Waals surface area contributed by atoms with Gasteiger partial charge in [0, 0.05) is 6.54 Å². The van der Waals surface area contributed by atoms with Crippen LogP contribution in [0.15, 0.2) is 12.1 Å². The van der Waals surface area contributed by atoms with Crippen molar-refractivity contribution in [3.63, 3.8) is 0 Å². The number of ether oxygens (including phenoxy) is 1. The summed E-state index contributed by atoms with van der Waals surface area (Å²) in [5.41, 5.74) is 0. The minimum absolute atomic E-state index is 0.0368. The van der Waals surface area contributed by atoms with E-state index in [0.717, 1.165) is 16.2 Å². The van der Waals surface area contributed by atoms with E-state index in [9.17, 15) is 4.79 Å². The summed E-state index contributed by atoms with van der Waals surface area (Å²) in [6.45, 7) is 3.40. The Labute approximate surface area is 98.4 Å². The van der Waals surface area contributed by atoms with Crippen LogP contribution in [-0.4, -0.2) is 43.3 Å². The lowest BCUT2D eigenvalue weighted by Crippen LogP contribution is -2.49. The van der Waals surface area contributed by atoms with Gasteiger partial charge in [0.2, 0.25) is 0 Å². The van der Waals surface area contributed by atoms with Gasteiger partial charge in [-0.1, -0.05) is 0 Å². The van der Waals surface area contributed by atoms with Crippen LogP contribution in [0.4, 0.5) is 5.00 Å². The highest BCUT2D eigenvalue weighted by atomic mass is 32.1. The Balaban J connectivity index is 2.14. The van der Waals surface area contributed by atoms with E-state index < -0.39 is 0 Å². The molecule has 88 valence electrons. The molecule has 0 aliphatic carbocycles. The smallest absolute Gasteiger partial charge is 0.160 e. The van der Waals surface area contributed by atoms with Crippen LogP contribution in [0.2, 0.25) is 0 Å². The van der Waals surface area contributed by atoms with Crippen molar-refractivity contribution < 1.29 is 14.6 Å². The molecule has 5 heteroatoms. The molecule has 1 N–H and O–H groups in total. The van der Waals surface area contributed by atoms with Gasteiger partial charge in [-0.3, -0.25) is 4.79 Å². The number of aldehydes is 1. The van der Waals surface area contributed by atoms with Gasteiger partial charge in [-0.15, -0.1) is 11.3 Å². The van der Waals surface area contributed by atoms with Gasteiger partial charge in [0.25, 0.3) is 0 Å². The Kier molecular flexibility index (Phi) is 3.58. The molecule has 1 aromatic rings. The maximum Gasteiger partial charge on any atom is 0.160 e. The van der Waals surface area contributed by atoms with Gasteiger partial charge in [0.1, 0.15) is 0 Å². The fourth-order valence-electron chi connectivity index (χ4n) is 1.79. The van der Waals surface area contributed by atoms with Crippen LogP contribution in [0, 0.1) is 0 Å². The van der Waals surface area contributed by atoms with E-state index in [1.807, 2.05) is 12.1 Å². The van der Waals surface area contributed by atoms with Crippen LogP contribution >= 0.6 is 11.3 Å². The summed E-state index contributed by atoms with van der Waals surface area (Å²) in [6.07, 6.45) is 0.737. The molecule has 0 aromatic carbocycles. The van der Waals surface area contributed by atoms with E-state index in [4.69, 9.17) is 9.84 Å². The van der Waals surface area contributed by atoms with Gasteiger partial charge in [-0.25, -0.2) is 0 Å². The Morgan fingerprint density at radius 2 is 2.50 bits per heavy atom. The molecule has 1 saturated heterocycles. The van der Waals surface area contributed by atoms with Crippen LogP contribution in [0.3, 0.4) is 0 Å². The number of thiophene rings is 1. The molecule has 1 aliphatic heterocycles. The van der Waals surface area contributed by atoms with E-state index in [1.54, 1.807) is 0 Å². The minimum Gasteiger partial charge on any atom is -0.394 e. The van der Waals surface area contributed by atoms with Crippen LogP contribution in [0.25, 0.3) is 0 Å². The number of carbonyl (C=O) groups is 1. The summed E-state index contributed by atoms with van der Waals surface area (Å²) in [5.74, 6) is 0. The van der Waals surface area contributed by atoms with Crippen LogP contribution in [0.5, 0.6) is 0 Å². The van der Waals surface area contributed by atoms with E-state index in [-0.39, 0.29) is 18.8 Å². The number of hydrogen-bond donors (Lipinski definition) is 1. The summed E-state index contributed by atoms with van der Waals surface area (Å²) >= 11 is 1.48. The van der Waals surface area contributed by atoms with Gasteiger partial charge in [0.15, 0.2) is 6.29 Å². The number of anilines is 1. The number of nitrogens with zero attached hydrogens (tertiary/aromatic N) is 1. The number of aliphatic hydroxyl groups excluding tert-OH is 1. The van der Waals surface area contributed by atoms with Gasteiger partial charge in [-0.2, -0.15) is 0 Å². The third-order valence-corrected chi connectivity index (χ3v) is 3.77. The van der Waals surface area contributed by atoms with Crippen molar-refractivity contribution >= 4 is 22.6 Å². The van der Waals surface area contributed by atoms with Crippen molar-refractivity contribution in [1.82, 2.24) is 0 Å². The SMILES string of the molecule is CC1COC(CO)CN1c1ccc(C=O)s1. The standard InChI is InChI=1S/C11H15NO3S/c1-8-7-15-9(5-13)4-12(8)11-3-2-10(6-14)16-11/h2-3,6,8-9,13H,4-5,7H2,1H3. The maximum absolute atomic E-state index is 10.6. The zero-order valence-electron chi connectivity index (χ0n) is 9.13. The topological polar surface area (TPSA) is 49.8 Å². The molecular formula is C11H15NO3S. The lowest BCUT2D eigenvalue weighted by molar-refractivity contribution is -0.0101. The molecule has 16 heavy (non-hydrogen) atoms. The highest BCUT2D eigenvalue weighted by molar-refractivity contribution is 7.17. The summed E-state index contributed by atoms with van der Waals surface area (Å²) in [5, 5.41) is 10.2. The van der Waals surface area contributed by atoms with Crippen molar-refractivity contribution in [3.8, 4) is 0 Å². The lowest BCUT2D eigenvalue weighted by atomic mass is 10.2. The molecule has 2 heterocycles. The fourth-order valence-corrected chi connectivity index (χ4v) is 2.73. The molecule has 0 bridgehead atoms. The van der Waals surface area contributed by atoms with E-state index in [1.165, 1.54) is 11.3 Å². The van der Waals surface area contributed by atoms with Gasteiger partial charge < -0.3 is 14.7 Å². The van der Waals surface area contributed by atoms with Gasteiger partial charge in [-0.05, 0) is 19.1 Å². The number of carbonyl (C=O) groups excluding carboxylic acids is 1. The first-order valence-corrected chi connectivity index (χ1v) is 6.10. The second-order valence-corrected chi connectivity index (χ2v) is 5.03. The van der Waals surface area contributed by atoms with Crippen LogP contribution in [0.1, 0.15) is 16.6 Å². The highest BCUT2D eigenvalue weighted by Gasteiger charge is 2.26. The van der Waals surface area contributed by atoms with E-state index in [0.29, 0.717) is 13.2 Å². The average Bonchev–Trinajstić information content (AvgIpc) is 2.78. The maximum atomic E-state index is 10.6.